The molecular weight excluding hydrogens is 264 g/mol. The normalized spacial score (nSPS) is 25.2. The minimum atomic E-state index is 0.328. The van der Waals surface area contributed by atoms with Crippen LogP contribution in [0.5, 0.6) is 0 Å². The van der Waals surface area contributed by atoms with Crippen molar-refractivity contribution in [3.63, 3.8) is 0 Å². The van der Waals surface area contributed by atoms with Crippen molar-refractivity contribution in [2.45, 2.75) is 45.1 Å². The highest BCUT2D eigenvalue weighted by Crippen LogP contribution is 2.18. The first-order valence-corrected chi connectivity index (χ1v) is 8.60. The Hall–Kier alpha value is -0.810. The highest BCUT2D eigenvalue weighted by molar-refractivity contribution is 5.79. The Morgan fingerprint density at radius 2 is 2.05 bits per heavy atom. The van der Waals surface area contributed by atoms with Crippen molar-refractivity contribution >= 4 is 5.96 Å². The topological polar surface area (TPSA) is 48.9 Å². The Morgan fingerprint density at radius 3 is 2.71 bits per heavy atom. The summed E-state index contributed by atoms with van der Waals surface area (Å²) in [6.07, 6.45) is 6.58. The first-order valence-electron chi connectivity index (χ1n) is 8.60. The molecule has 5 heteroatoms. The average Bonchev–Trinajstić information content (AvgIpc) is 3.00. The number of nitrogens with one attached hydrogen (secondary N) is 2. The minimum absolute atomic E-state index is 0.328. The Morgan fingerprint density at radius 1 is 1.24 bits per heavy atom. The fraction of sp³-hybridized carbons (Fsp3) is 0.938. The van der Waals surface area contributed by atoms with Crippen LogP contribution in [-0.2, 0) is 4.74 Å². The monoisotopic (exact) mass is 296 g/mol. The van der Waals surface area contributed by atoms with E-state index in [0.717, 1.165) is 44.5 Å². The van der Waals surface area contributed by atoms with E-state index < -0.39 is 0 Å². The SMILES string of the molecule is CCNC(=NCC1CCCO1)NCCC1CCN(C)CC1. The summed E-state index contributed by atoms with van der Waals surface area (Å²) in [6.45, 7) is 8.22. The Balaban J connectivity index is 1.65. The fourth-order valence-corrected chi connectivity index (χ4v) is 3.07. The predicted octanol–water partition coefficient (Wildman–Crippen LogP) is 1.45. The largest absolute Gasteiger partial charge is 0.376 e. The smallest absolute Gasteiger partial charge is 0.191 e. The van der Waals surface area contributed by atoms with Crippen LogP contribution in [0, 0.1) is 5.92 Å². The molecule has 2 rings (SSSR count). The summed E-state index contributed by atoms with van der Waals surface area (Å²) in [5, 5.41) is 6.80. The molecule has 0 bridgehead atoms. The number of aliphatic imine (C=N–C) groups is 1. The van der Waals surface area contributed by atoms with Crippen LogP contribution in [-0.4, -0.2) is 63.3 Å². The van der Waals surface area contributed by atoms with Gasteiger partial charge in [-0.2, -0.15) is 0 Å². The number of piperidine rings is 1. The number of guanidine groups is 1. The van der Waals surface area contributed by atoms with E-state index in [1.807, 2.05) is 0 Å². The van der Waals surface area contributed by atoms with Crippen molar-refractivity contribution < 1.29 is 4.74 Å². The van der Waals surface area contributed by atoms with Gasteiger partial charge in [0, 0.05) is 19.7 Å². The summed E-state index contributed by atoms with van der Waals surface area (Å²) in [5.74, 6) is 1.82. The van der Waals surface area contributed by atoms with Gasteiger partial charge in [0.25, 0.3) is 0 Å². The molecule has 5 nitrogen and oxygen atoms in total. The zero-order chi connectivity index (χ0) is 14.9. The molecule has 2 N–H and O–H groups in total. The van der Waals surface area contributed by atoms with Crippen LogP contribution in [0.15, 0.2) is 4.99 Å². The molecule has 1 unspecified atom stereocenters. The summed E-state index contributed by atoms with van der Waals surface area (Å²) in [5.41, 5.74) is 0. The summed E-state index contributed by atoms with van der Waals surface area (Å²) in [4.78, 5) is 7.08. The predicted molar refractivity (Wildman–Crippen MR) is 87.8 cm³/mol. The number of hydrogen-bond donors (Lipinski definition) is 2. The van der Waals surface area contributed by atoms with Crippen molar-refractivity contribution in [1.82, 2.24) is 15.5 Å². The van der Waals surface area contributed by atoms with Crippen molar-refractivity contribution in [2.24, 2.45) is 10.9 Å². The van der Waals surface area contributed by atoms with E-state index in [-0.39, 0.29) is 0 Å². The minimum Gasteiger partial charge on any atom is -0.376 e. The van der Waals surface area contributed by atoms with Crippen molar-refractivity contribution in [3.05, 3.63) is 0 Å². The standard InChI is InChI=1S/C16H32N4O/c1-3-17-16(19-13-15-5-4-12-21-15)18-9-6-14-7-10-20(2)11-8-14/h14-15H,3-13H2,1-2H3,(H2,17,18,19). The van der Waals surface area contributed by atoms with Gasteiger partial charge in [0.05, 0.1) is 12.6 Å². The first kappa shape index (κ1) is 16.6. The van der Waals surface area contributed by atoms with Crippen LogP contribution < -0.4 is 10.6 Å². The molecule has 0 aromatic carbocycles. The van der Waals surface area contributed by atoms with Crippen molar-refractivity contribution in [1.29, 1.82) is 0 Å². The second-order valence-corrected chi connectivity index (χ2v) is 6.32. The van der Waals surface area contributed by atoms with Gasteiger partial charge in [-0.15, -0.1) is 0 Å². The molecule has 0 amide bonds. The summed E-state index contributed by atoms with van der Waals surface area (Å²) >= 11 is 0. The van der Waals surface area contributed by atoms with E-state index in [0.29, 0.717) is 6.10 Å². The third-order valence-electron chi connectivity index (χ3n) is 4.50. The molecule has 0 radical (unpaired) electrons. The summed E-state index contributed by atoms with van der Waals surface area (Å²) < 4.78 is 5.62. The maximum Gasteiger partial charge on any atom is 0.191 e. The Kier molecular flexibility index (Phi) is 7.30. The lowest BCUT2D eigenvalue weighted by Gasteiger charge is -2.29. The van der Waals surface area contributed by atoms with Crippen LogP contribution in [0.2, 0.25) is 0 Å². The average molecular weight is 296 g/mol. The van der Waals surface area contributed by atoms with E-state index in [1.54, 1.807) is 0 Å². The molecule has 122 valence electrons. The third-order valence-corrected chi connectivity index (χ3v) is 4.50. The van der Waals surface area contributed by atoms with Gasteiger partial charge in [-0.1, -0.05) is 0 Å². The van der Waals surface area contributed by atoms with Crippen molar-refractivity contribution in [2.75, 3.05) is 46.4 Å². The number of nitrogens with zero attached hydrogens (tertiary/aromatic N) is 2. The van der Waals surface area contributed by atoms with Gasteiger partial charge in [0.15, 0.2) is 5.96 Å². The second kappa shape index (κ2) is 9.26. The van der Waals surface area contributed by atoms with Gasteiger partial charge in [0.1, 0.15) is 0 Å². The van der Waals surface area contributed by atoms with Crippen molar-refractivity contribution in [3.8, 4) is 0 Å². The molecule has 2 fully saturated rings. The Bertz CT molecular complexity index is 307. The van der Waals surface area contributed by atoms with Crippen LogP contribution in [0.3, 0.4) is 0 Å². The number of likely N-dealkylation sites (tertiary alicyclic amines) is 1. The lowest BCUT2D eigenvalue weighted by molar-refractivity contribution is 0.117. The summed E-state index contributed by atoms with van der Waals surface area (Å²) in [6, 6.07) is 0. The molecule has 0 aromatic heterocycles. The molecule has 2 aliphatic heterocycles. The lowest BCUT2D eigenvalue weighted by Crippen LogP contribution is -2.39. The second-order valence-electron chi connectivity index (χ2n) is 6.32. The van der Waals surface area contributed by atoms with Crippen LogP contribution in [0.4, 0.5) is 0 Å². The number of rotatable bonds is 6. The zero-order valence-electron chi connectivity index (χ0n) is 13.7. The molecule has 0 aromatic rings. The van der Waals surface area contributed by atoms with Gasteiger partial charge in [-0.3, -0.25) is 4.99 Å². The van der Waals surface area contributed by atoms with Crippen LogP contribution >= 0.6 is 0 Å². The van der Waals surface area contributed by atoms with Crippen LogP contribution in [0.1, 0.15) is 39.0 Å². The molecule has 0 spiro atoms. The molecular formula is C16H32N4O. The van der Waals surface area contributed by atoms with Gasteiger partial charge in [-0.25, -0.2) is 0 Å². The molecule has 1 atom stereocenters. The molecule has 21 heavy (non-hydrogen) atoms. The van der Waals surface area contributed by atoms with E-state index in [2.05, 4.69) is 34.5 Å². The third kappa shape index (κ3) is 6.22. The zero-order valence-corrected chi connectivity index (χ0v) is 13.7. The van der Waals surface area contributed by atoms with Gasteiger partial charge in [0.2, 0.25) is 0 Å². The van der Waals surface area contributed by atoms with E-state index in [4.69, 9.17) is 4.74 Å². The highest BCUT2D eigenvalue weighted by Gasteiger charge is 2.17. The summed E-state index contributed by atoms with van der Waals surface area (Å²) in [7, 11) is 2.22. The Labute approximate surface area is 129 Å². The van der Waals surface area contributed by atoms with Gasteiger partial charge in [-0.05, 0) is 65.1 Å². The number of ether oxygens (including phenoxy) is 1. The maximum absolute atomic E-state index is 5.62. The van der Waals surface area contributed by atoms with E-state index >= 15 is 0 Å². The maximum atomic E-state index is 5.62. The van der Waals surface area contributed by atoms with E-state index in [9.17, 15) is 0 Å². The molecule has 2 heterocycles. The lowest BCUT2D eigenvalue weighted by atomic mass is 9.94. The highest BCUT2D eigenvalue weighted by atomic mass is 16.5. The van der Waals surface area contributed by atoms with Crippen LogP contribution in [0.25, 0.3) is 0 Å². The van der Waals surface area contributed by atoms with Gasteiger partial charge >= 0.3 is 0 Å². The molecule has 0 saturated carbocycles. The molecule has 2 saturated heterocycles. The quantitative estimate of drug-likeness (QED) is 0.575. The van der Waals surface area contributed by atoms with E-state index in [1.165, 1.54) is 38.8 Å². The molecule has 2 aliphatic rings. The first-order chi connectivity index (χ1) is 10.3. The number of hydrogen-bond acceptors (Lipinski definition) is 3. The van der Waals surface area contributed by atoms with Gasteiger partial charge < -0.3 is 20.3 Å². The molecule has 0 aliphatic carbocycles. The fourth-order valence-electron chi connectivity index (χ4n) is 3.07.